The van der Waals surface area contributed by atoms with Gasteiger partial charge in [-0.2, -0.15) is 13.2 Å². The van der Waals surface area contributed by atoms with Crippen LogP contribution in [0.1, 0.15) is 19.4 Å². The molecule has 0 saturated heterocycles. The van der Waals surface area contributed by atoms with Gasteiger partial charge in [0.15, 0.2) is 11.5 Å². The second kappa shape index (κ2) is 3.30. The van der Waals surface area contributed by atoms with Crippen molar-refractivity contribution in [3.8, 4) is 11.5 Å². The Kier molecular flexibility index (Phi) is 2.29. The van der Waals surface area contributed by atoms with Gasteiger partial charge in [-0.3, -0.25) is 0 Å². The predicted molar refractivity (Wildman–Crippen MR) is 51.5 cm³/mol. The van der Waals surface area contributed by atoms with Crippen molar-refractivity contribution in [3.63, 3.8) is 0 Å². The van der Waals surface area contributed by atoms with Gasteiger partial charge < -0.3 is 9.47 Å². The number of halogens is 3. The standard InChI is InChI=1S/C11H11F3O2/c1-3-7-4-5-8-9(6-7)16-11(13,14)10(2,12)15-8/h4-6H,3H2,1-2H3. The Labute approximate surface area is 91.0 Å². The van der Waals surface area contributed by atoms with Gasteiger partial charge in [0.1, 0.15) is 0 Å². The summed E-state index contributed by atoms with van der Waals surface area (Å²) in [6.07, 6.45) is -3.30. The first-order chi connectivity index (χ1) is 7.36. The zero-order chi connectivity index (χ0) is 12.0. The molecule has 0 amide bonds. The number of aryl methyl sites for hydroxylation is 1. The van der Waals surface area contributed by atoms with Crippen molar-refractivity contribution in [1.29, 1.82) is 0 Å². The maximum atomic E-state index is 13.4. The summed E-state index contributed by atoms with van der Waals surface area (Å²) < 4.78 is 48.7. The number of rotatable bonds is 1. The van der Waals surface area contributed by atoms with E-state index in [9.17, 15) is 13.2 Å². The van der Waals surface area contributed by atoms with Gasteiger partial charge in [-0.15, -0.1) is 0 Å². The molecule has 88 valence electrons. The first-order valence-corrected chi connectivity index (χ1v) is 4.93. The number of hydrogen-bond acceptors (Lipinski definition) is 2. The molecule has 1 heterocycles. The summed E-state index contributed by atoms with van der Waals surface area (Å²) in [6, 6.07) is 4.54. The molecule has 2 nitrogen and oxygen atoms in total. The Balaban J connectivity index is 2.43. The molecule has 1 aliphatic heterocycles. The highest BCUT2D eigenvalue weighted by molar-refractivity contribution is 5.44. The third kappa shape index (κ3) is 1.60. The number of benzene rings is 1. The monoisotopic (exact) mass is 232 g/mol. The fraction of sp³-hybridized carbons (Fsp3) is 0.455. The maximum absolute atomic E-state index is 13.4. The molecule has 0 N–H and O–H groups in total. The summed E-state index contributed by atoms with van der Waals surface area (Å²) in [5.41, 5.74) is 0.820. The Morgan fingerprint density at radius 1 is 1.12 bits per heavy atom. The molecular formula is C11H11F3O2. The van der Waals surface area contributed by atoms with Crippen molar-refractivity contribution in [2.75, 3.05) is 0 Å². The zero-order valence-corrected chi connectivity index (χ0v) is 8.89. The van der Waals surface area contributed by atoms with E-state index >= 15 is 0 Å². The minimum absolute atomic E-state index is 0.00637. The summed E-state index contributed by atoms with van der Waals surface area (Å²) >= 11 is 0. The topological polar surface area (TPSA) is 18.5 Å². The van der Waals surface area contributed by atoms with Gasteiger partial charge in [0.25, 0.3) is 0 Å². The van der Waals surface area contributed by atoms with Crippen LogP contribution in [0.15, 0.2) is 18.2 Å². The summed E-state index contributed by atoms with van der Waals surface area (Å²) in [4.78, 5) is 0. The lowest BCUT2D eigenvalue weighted by Gasteiger charge is -2.35. The van der Waals surface area contributed by atoms with Crippen LogP contribution in [-0.4, -0.2) is 12.0 Å². The van der Waals surface area contributed by atoms with E-state index in [1.807, 2.05) is 6.92 Å². The highest BCUT2D eigenvalue weighted by atomic mass is 19.3. The number of hydrogen-bond donors (Lipinski definition) is 0. The van der Waals surface area contributed by atoms with Crippen molar-refractivity contribution >= 4 is 0 Å². The van der Waals surface area contributed by atoms with Crippen molar-refractivity contribution in [2.24, 2.45) is 0 Å². The van der Waals surface area contributed by atoms with Gasteiger partial charge in [0.2, 0.25) is 0 Å². The SMILES string of the molecule is CCc1ccc2c(c1)OC(F)(F)C(C)(F)O2. The van der Waals surface area contributed by atoms with E-state index in [-0.39, 0.29) is 11.5 Å². The molecule has 0 aromatic heterocycles. The van der Waals surface area contributed by atoms with Crippen molar-refractivity contribution < 1.29 is 22.6 Å². The molecule has 5 heteroatoms. The Morgan fingerprint density at radius 3 is 2.44 bits per heavy atom. The molecule has 16 heavy (non-hydrogen) atoms. The van der Waals surface area contributed by atoms with Crippen molar-refractivity contribution in [3.05, 3.63) is 23.8 Å². The lowest BCUT2D eigenvalue weighted by Crippen LogP contribution is -2.53. The lowest BCUT2D eigenvalue weighted by atomic mass is 10.1. The molecule has 0 spiro atoms. The third-order valence-corrected chi connectivity index (χ3v) is 2.48. The fourth-order valence-electron chi connectivity index (χ4n) is 1.43. The highest BCUT2D eigenvalue weighted by Gasteiger charge is 2.60. The van der Waals surface area contributed by atoms with E-state index in [4.69, 9.17) is 0 Å². The van der Waals surface area contributed by atoms with Crippen LogP contribution in [0.5, 0.6) is 11.5 Å². The molecule has 0 saturated carbocycles. The van der Waals surface area contributed by atoms with Crippen LogP contribution in [0.2, 0.25) is 0 Å². The quantitative estimate of drug-likeness (QED) is 0.739. The molecule has 0 fully saturated rings. The molecule has 1 atom stereocenters. The lowest BCUT2D eigenvalue weighted by molar-refractivity contribution is -0.332. The molecule has 1 aromatic rings. The highest BCUT2D eigenvalue weighted by Crippen LogP contribution is 2.46. The van der Waals surface area contributed by atoms with Crippen molar-refractivity contribution in [2.45, 2.75) is 32.2 Å². The smallest absolute Gasteiger partial charge is 0.446 e. The summed E-state index contributed by atoms with van der Waals surface area (Å²) in [6.45, 7) is 2.52. The first-order valence-electron chi connectivity index (χ1n) is 4.93. The minimum atomic E-state index is -3.98. The molecule has 1 aliphatic rings. The average molecular weight is 232 g/mol. The van der Waals surface area contributed by atoms with E-state index in [1.54, 1.807) is 6.07 Å². The van der Waals surface area contributed by atoms with Gasteiger partial charge in [-0.25, -0.2) is 0 Å². The van der Waals surface area contributed by atoms with E-state index in [2.05, 4.69) is 9.47 Å². The van der Waals surface area contributed by atoms with E-state index < -0.39 is 12.0 Å². The van der Waals surface area contributed by atoms with Crippen LogP contribution in [0.3, 0.4) is 0 Å². The Bertz CT molecular complexity index is 416. The van der Waals surface area contributed by atoms with Crippen molar-refractivity contribution in [1.82, 2.24) is 0 Å². The molecule has 0 aliphatic carbocycles. The van der Waals surface area contributed by atoms with Gasteiger partial charge in [-0.1, -0.05) is 13.0 Å². The van der Waals surface area contributed by atoms with Gasteiger partial charge in [-0.05, 0) is 24.1 Å². The second-order valence-corrected chi connectivity index (χ2v) is 3.77. The zero-order valence-electron chi connectivity index (χ0n) is 8.89. The summed E-state index contributed by atoms with van der Waals surface area (Å²) in [5, 5.41) is 0. The Morgan fingerprint density at radius 2 is 1.81 bits per heavy atom. The van der Waals surface area contributed by atoms with Gasteiger partial charge in [0, 0.05) is 6.92 Å². The number of fused-ring (bicyclic) bond motifs is 1. The summed E-state index contributed by atoms with van der Waals surface area (Å²) in [7, 11) is 0. The number of ether oxygens (including phenoxy) is 2. The van der Waals surface area contributed by atoms with Crippen LogP contribution >= 0.6 is 0 Å². The molecular weight excluding hydrogens is 221 g/mol. The van der Waals surface area contributed by atoms with Crippen LogP contribution in [-0.2, 0) is 6.42 Å². The largest absolute Gasteiger partial charge is 0.471 e. The first kappa shape index (κ1) is 11.1. The van der Waals surface area contributed by atoms with Crippen LogP contribution < -0.4 is 9.47 Å². The number of alkyl halides is 3. The normalized spacial score (nSPS) is 26.6. The van der Waals surface area contributed by atoms with Gasteiger partial charge in [0.05, 0.1) is 0 Å². The third-order valence-electron chi connectivity index (χ3n) is 2.48. The maximum Gasteiger partial charge on any atom is 0.471 e. The molecule has 1 aromatic carbocycles. The molecule has 0 bridgehead atoms. The second-order valence-electron chi connectivity index (χ2n) is 3.77. The Hall–Kier alpha value is -1.39. The molecule has 1 unspecified atom stereocenters. The summed E-state index contributed by atoms with van der Waals surface area (Å²) in [5.74, 6) is -3.28. The van der Waals surface area contributed by atoms with Crippen LogP contribution in [0.25, 0.3) is 0 Å². The molecule has 2 rings (SSSR count). The van der Waals surface area contributed by atoms with E-state index in [1.165, 1.54) is 12.1 Å². The van der Waals surface area contributed by atoms with Gasteiger partial charge >= 0.3 is 12.0 Å². The minimum Gasteiger partial charge on any atom is -0.446 e. The predicted octanol–water partition coefficient (Wildman–Crippen LogP) is 3.30. The van der Waals surface area contributed by atoms with Crippen LogP contribution in [0.4, 0.5) is 13.2 Å². The molecule has 0 radical (unpaired) electrons. The fourth-order valence-corrected chi connectivity index (χ4v) is 1.43. The average Bonchev–Trinajstić information content (AvgIpc) is 2.18. The van der Waals surface area contributed by atoms with Crippen LogP contribution in [0, 0.1) is 0 Å². The van der Waals surface area contributed by atoms with E-state index in [0.29, 0.717) is 13.3 Å². The van der Waals surface area contributed by atoms with E-state index in [0.717, 1.165) is 5.56 Å².